The Morgan fingerprint density at radius 1 is 1.36 bits per heavy atom. The Morgan fingerprint density at radius 3 is 2.68 bits per heavy atom. The van der Waals surface area contributed by atoms with E-state index in [1.165, 1.54) is 16.5 Å². The van der Waals surface area contributed by atoms with Gasteiger partial charge in [-0.15, -0.1) is 0 Å². The van der Waals surface area contributed by atoms with Gasteiger partial charge in [0.2, 0.25) is 0 Å². The summed E-state index contributed by atoms with van der Waals surface area (Å²) in [6.07, 6.45) is 3.11. The van der Waals surface area contributed by atoms with Gasteiger partial charge in [0.05, 0.1) is 17.0 Å². The molecule has 1 fully saturated rings. The summed E-state index contributed by atoms with van der Waals surface area (Å²) in [6.45, 7) is 0.168. The van der Waals surface area contributed by atoms with E-state index in [0.29, 0.717) is 22.8 Å². The number of ether oxygens (including phenoxy) is 1. The van der Waals surface area contributed by atoms with Gasteiger partial charge in [-0.25, -0.2) is 13.2 Å². The Kier molecular flexibility index (Phi) is 5.02. The quantitative estimate of drug-likeness (QED) is 0.531. The molecule has 2 aliphatic rings. The van der Waals surface area contributed by atoms with Crippen molar-refractivity contribution < 1.29 is 27.8 Å². The van der Waals surface area contributed by atoms with Crippen LogP contribution >= 0.6 is 11.9 Å². The fourth-order valence-electron chi connectivity index (χ4n) is 3.15. The summed E-state index contributed by atoms with van der Waals surface area (Å²) in [5.41, 5.74) is -0.0613. The second kappa shape index (κ2) is 7.34. The topological polar surface area (TPSA) is 75.5 Å². The molecule has 4 rings (SSSR count). The molecule has 0 spiro atoms. The molecule has 1 aliphatic heterocycles. The number of carbonyl (C=O) groups is 1. The van der Waals surface area contributed by atoms with E-state index in [2.05, 4.69) is 10.0 Å². The van der Waals surface area contributed by atoms with Gasteiger partial charge >= 0.3 is 0 Å². The predicted molar refractivity (Wildman–Crippen MR) is 96.7 cm³/mol. The molecule has 6 nitrogen and oxygen atoms in total. The molecule has 0 bridgehead atoms. The maximum Gasteiger partial charge on any atom is 0.276 e. The highest BCUT2D eigenvalue weighted by Crippen LogP contribution is 2.39. The van der Waals surface area contributed by atoms with E-state index < -0.39 is 29.5 Å². The summed E-state index contributed by atoms with van der Waals surface area (Å²) in [4.78, 5) is 13.3. The summed E-state index contributed by atoms with van der Waals surface area (Å²) in [5.74, 6) is -4.47. The first kappa shape index (κ1) is 19.2. The monoisotopic (exact) mass is 413 g/mol. The number of amides is 1. The van der Waals surface area contributed by atoms with E-state index in [4.69, 9.17) is 4.74 Å². The fraction of sp³-hybridized carbons (Fsp3) is 0.389. The van der Waals surface area contributed by atoms with Crippen molar-refractivity contribution in [2.45, 2.75) is 29.9 Å². The molecular weight excluding hydrogens is 395 g/mol. The number of hydrogen-bond acceptors (Lipinski definition) is 5. The van der Waals surface area contributed by atoms with Gasteiger partial charge in [0.1, 0.15) is 6.61 Å². The minimum absolute atomic E-state index is 0.149. The van der Waals surface area contributed by atoms with E-state index in [-0.39, 0.29) is 29.9 Å². The Balaban J connectivity index is 1.55. The van der Waals surface area contributed by atoms with Crippen molar-refractivity contribution in [2.75, 3.05) is 11.9 Å². The van der Waals surface area contributed by atoms with Crippen molar-refractivity contribution in [1.29, 1.82) is 0 Å². The fourth-order valence-corrected chi connectivity index (χ4v) is 4.10. The second-order valence-electron chi connectivity index (χ2n) is 6.96. The zero-order valence-electron chi connectivity index (χ0n) is 14.8. The van der Waals surface area contributed by atoms with Crippen molar-refractivity contribution in [3.05, 3.63) is 41.5 Å². The average molecular weight is 413 g/mol. The van der Waals surface area contributed by atoms with E-state index in [1.54, 1.807) is 13.2 Å². The van der Waals surface area contributed by atoms with Gasteiger partial charge in [-0.1, -0.05) is 0 Å². The second-order valence-corrected chi connectivity index (χ2v) is 7.84. The van der Waals surface area contributed by atoms with E-state index >= 15 is 0 Å². The maximum absolute atomic E-state index is 13.4. The number of carbonyl (C=O) groups excluding carboxylic acids is 1. The zero-order chi connectivity index (χ0) is 20.0. The smallest absolute Gasteiger partial charge is 0.276 e. The first-order valence-electron chi connectivity index (χ1n) is 8.73. The van der Waals surface area contributed by atoms with E-state index in [9.17, 15) is 23.1 Å². The zero-order valence-corrected chi connectivity index (χ0v) is 15.7. The third kappa shape index (κ3) is 3.59. The van der Waals surface area contributed by atoms with Crippen LogP contribution in [0.1, 0.15) is 23.3 Å². The summed E-state index contributed by atoms with van der Waals surface area (Å²) in [7, 11) is 1.63. The number of anilines is 1. The third-order valence-corrected chi connectivity index (χ3v) is 5.74. The van der Waals surface area contributed by atoms with Crippen LogP contribution in [-0.4, -0.2) is 34.3 Å². The lowest BCUT2D eigenvalue weighted by molar-refractivity contribution is 0.0906. The highest BCUT2D eigenvalue weighted by atomic mass is 32.2. The number of benzene rings is 1. The Labute approximate surface area is 163 Å². The van der Waals surface area contributed by atoms with Gasteiger partial charge in [-0.05, 0) is 30.7 Å². The molecule has 2 unspecified atom stereocenters. The van der Waals surface area contributed by atoms with Crippen LogP contribution in [0.5, 0.6) is 5.75 Å². The SMILES string of the molecule is Cn1cc2c(c1C(=O)Nc1cc(F)c(F)c(F)c1)OCC(C(O)C1CC1)NS2. The minimum Gasteiger partial charge on any atom is -0.488 e. The molecule has 1 aromatic carbocycles. The van der Waals surface area contributed by atoms with Crippen molar-refractivity contribution in [3.63, 3.8) is 0 Å². The van der Waals surface area contributed by atoms with Crippen LogP contribution < -0.4 is 14.8 Å². The Morgan fingerprint density at radius 2 is 2.04 bits per heavy atom. The summed E-state index contributed by atoms with van der Waals surface area (Å²) in [5, 5.41) is 12.7. The van der Waals surface area contributed by atoms with Gasteiger partial charge in [0, 0.05) is 31.1 Å². The van der Waals surface area contributed by atoms with Gasteiger partial charge in [-0.3, -0.25) is 9.52 Å². The molecule has 1 amide bonds. The van der Waals surface area contributed by atoms with E-state index in [1.807, 2.05) is 0 Å². The average Bonchev–Trinajstić information content (AvgIpc) is 3.45. The standard InChI is InChI=1S/C18H18F3N3O3S/c1-24-6-13-17(27-7-12(23-28-13)16(25)8-2-3-8)15(24)18(26)22-9-4-10(19)14(21)11(20)5-9/h4-6,8,12,16,23,25H,2-3,7H2,1H3,(H,22,26). The van der Waals surface area contributed by atoms with Crippen molar-refractivity contribution in [3.8, 4) is 5.75 Å². The van der Waals surface area contributed by atoms with Crippen LogP contribution in [0.2, 0.25) is 0 Å². The van der Waals surface area contributed by atoms with Gasteiger partial charge < -0.3 is 19.7 Å². The highest BCUT2D eigenvalue weighted by Gasteiger charge is 2.37. The van der Waals surface area contributed by atoms with Crippen LogP contribution in [0, 0.1) is 23.4 Å². The summed E-state index contributed by atoms with van der Waals surface area (Å²) < 4.78 is 50.4. The number of nitrogens with one attached hydrogen (secondary N) is 2. The molecule has 0 radical (unpaired) electrons. The van der Waals surface area contributed by atoms with Crippen LogP contribution in [0.25, 0.3) is 0 Å². The molecular formula is C18H18F3N3O3S. The van der Waals surface area contributed by atoms with Crippen LogP contribution in [0.4, 0.5) is 18.9 Å². The Bertz CT molecular complexity index is 909. The number of aliphatic hydroxyl groups excluding tert-OH is 1. The molecule has 1 aromatic heterocycles. The first-order valence-corrected chi connectivity index (χ1v) is 9.55. The van der Waals surface area contributed by atoms with Crippen LogP contribution in [0.15, 0.2) is 23.2 Å². The number of aromatic nitrogens is 1. The Hall–Kier alpha value is -2.17. The van der Waals surface area contributed by atoms with Crippen molar-refractivity contribution in [1.82, 2.24) is 9.29 Å². The van der Waals surface area contributed by atoms with Crippen molar-refractivity contribution in [2.24, 2.45) is 13.0 Å². The molecule has 0 saturated heterocycles. The highest BCUT2D eigenvalue weighted by molar-refractivity contribution is 7.97. The maximum atomic E-state index is 13.4. The van der Waals surface area contributed by atoms with Gasteiger partial charge in [0.25, 0.3) is 5.91 Å². The van der Waals surface area contributed by atoms with E-state index in [0.717, 1.165) is 12.8 Å². The number of aryl methyl sites for hydroxylation is 1. The number of hydrogen-bond donors (Lipinski definition) is 3. The summed E-state index contributed by atoms with van der Waals surface area (Å²) in [6, 6.07) is 1.13. The molecule has 2 atom stereocenters. The van der Waals surface area contributed by atoms with Gasteiger partial charge in [-0.2, -0.15) is 0 Å². The predicted octanol–water partition coefficient (Wildman–Crippen LogP) is 2.82. The van der Waals surface area contributed by atoms with Crippen LogP contribution in [-0.2, 0) is 7.05 Å². The number of aliphatic hydroxyl groups is 1. The largest absolute Gasteiger partial charge is 0.488 e. The summed E-state index contributed by atoms with van der Waals surface area (Å²) >= 11 is 1.25. The first-order chi connectivity index (χ1) is 13.3. The molecule has 1 aliphatic carbocycles. The molecule has 2 heterocycles. The molecule has 28 heavy (non-hydrogen) atoms. The number of fused-ring (bicyclic) bond motifs is 1. The van der Waals surface area contributed by atoms with Crippen molar-refractivity contribution >= 4 is 23.5 Å². The lowest BCUT2D eigenvalue weighted by Crippen LogP contribution is -2.41. The minimum atomic E-state index is -1.60. The number of halogens is 3. The third-order valence-electron chi connectivity index (χ3n) is 4.80. The van der Waals surface area contributed by atoms with Gasteiger partial charge in [0.15, 0.2) is 28.9 Å². The molecule has 1 saturated carbocycles. The van der Waals surface area contributed by atoms with Crippen LogP contribution in [0.3, 0.4) is 0 Å². The lowest BCUT2D eigenvalue weighted by Gasteiger charge is -2.21. The number of rotatable bonds is 4. The molecule has 150 valence electrons. The molecule has 2 aromatic rings. The lowest BCUT2D eigenvalue weighted by atomic mass is 10.1. The molecule has 10 heteroatoms. The number of nitrogens with zero attached hydrogens (tertiary/aromatic N) is 1. The molecule has 3 N–H and O–H groups in total. The normalized spacial score (nSPS) is 20.1.